The van der Waals surface area contributed by atoms with Gasteiger partial charge in [-0.15, -0.1) is 0 Å². The molecule has 0 radical (unpaired) electrons. The molecular formula is C11H15ClN2O2. The van der Waals surface area contributed by atoms with Gasteiger partial charge in [0.05, 0.1) is 0 Å². The minimum absolute atomic E-state index is 0.103. The normalized spacial score (nSPS) is 17.4. The average molecular weight is 243 g/mol. The Labute approximate surface area is 98.3 Å². The van der Waals surface area contributed by atoms with Crippen molar-refractivity contribution < 1.29 is 0 Å². The van der Waals surface area contributed by atoms with E-state index >= 15 is 0 Å². The first-order valence-corrected chi connectivity index (χ1v) is 5.94. The monoisotopic (exact) mass is 242 g/mol. The summed E-state index contributed by atoms with van der Waals surface area (Å²) in [6.45, 7) is 2.64. The van der Waals surface area contributed by atoms with Gasteiger partial charge in [-0.3, -0.25) is 14.3 Å². The van der Waals surface area contributed by atoms with E-state index in [2.05, 4.69) is 11.9 Å². The summed E-state index contributed by atoms with van der Waals surface area (Å²) in [5, 5.41) is 0.103. The van der Waals surface area contributed by atoms with Gasteiger partial charge in [-0.2, -0.15) is 0 Å². The molecule has 1 N–H and O–H groups in total. The molecule has 0 saturated heterocycles. The lowest BCUT2D eigenvalue weighted by atomic mass is 10.0. The predicted octanol–water partition coefficient (Wildman–Crippen LogP) is 1.77. The van der Waals surface area contributed by atoms with E-state index in [1.807, 2.05) is 0 Å². The topological polar surface area (TPSA) is 54.9 Å². The van der Waals surface area contributed by atoms with E-state index in [1.165, 1.54) is 10.6 Å². The Kier molecular flexibility index (Phi) is 2.93. The Hall–Kier alpha value is -1.03. The van der Waals surface area contributed by atoms with Gasteiger partial charge < -0.3 is 0 Å². The van der Waals surface area contributed by atoms with Crippen LogP contribution in [-0.2, 0) is 6.54 Å². The molecule has 0 atom stereocenters. The molecule has 1 fully saturated rings. The SMILES string of the molecule is CCCC1(Cn2c(=O)cc(Cl)[nH]c2=O)CC1. The molecule has 1 aliphatic carbocycles. The number of nitrogens with zero attached hydrogens (tertiary/aromatic N) is 1. The van der Waals surface area contributed by atoms with E-state index < -0.39 is 5.69 Å². The molecule has 0 bridgehead atoms. The minimum Gasteiger partial charge on any atom is -0.298 e. The third-order valence-corrected chi connectivity index (χ3v) is 3.42. The second kappa shape index (κ2) is 4.09. The molecule has 0 aliphatic heterocycles. The summed E-state index contributed by atoms with van der Waals surface area (Å²) in [7, 11) is 0. The number of nitrogens with one attached hydrogen (secondary N) is 1. The molecular weight excluding hydrogens is 228 g/mol. The summed E-state index contributed by atoms with van der Waals surface area (Å²) in [5.41, 5.74) is -0.532. The molecule has 0 aromatic carbocycles. The molecule has 1 aliphatic rings. The van der Waals surface area contributed by atoms with Crippen LogP contribution in [0.3, 0.4) is 0 Å². The maximum atomic E-state index is 11.6. The smallest absolute Gasteiger partial charge is 0.298 e. The molecule has 1 saturated carbocycles. The number of aromatic nitrogens is 2. The quantitative estimate of drug-likeness (QED) is 0.819. The summed E-state index contributed by atoms with van der Waals surface area (Å²) in [6, 6.07) is 1.25. The number of hydrogen-bond acceptors (Lipinski definition) is 2. The van der Waals surface area contributed by atoms with E-state index in [-0.39, 0.29) is 16.1 Å². The van der Waals surface area contributed by atoms with E-state index in [9.17, 15) is 9.59 Å². The fourth-order valence-electron chi connectivity index (χ4n) is 2.17. The molecule has 0 amide bonds. The number of aromatic amines is 1. The van der Waals surface area contributed by atoms with E-state index in [1.54, 1.807) is 0 Å². The van der Waals surface area contributed by atoms with Gasteiger partial charge in [0.25, 0.3) is 5.56 Å². The van der Waals surface area contributed by atoms with E-state index in [0.717, 1.165) is 25.7 Å². The molecule has 4 nitrogen and oxygen atoms in total. The van der Waals surface area contributed by atoms with Crippen LogP contribution >= 0.6 is 11.6 Å². The van der Waals surface area contributed by atoms with Gasteiger partial charge in [-0.1, -0.05) is 24.9 Å². The van der Waals surface area contributed by atoms with E-state index in [0.29, 0.717) is 6.54 Å². The summed E-state index contributed by atoms with van der Waals surface area (Å²) < 4.78 is 1.26. The van der Waals surface area contributed by atoms with Gasteiger partial charge in [0.1, 0.15) is 5.15 Å². The van der Waals surface area contributed by atoms with Crippen molar-refractivity contribution in [2.45, 2.75) is 39.2 Å². The molecule has 5 heteroatoms. The van der Waals surface area contributed by atoms with Crippen LogP contribution in [0.25, 0.3) is 0 Å². The summed E-state index contributed by atoms with van der Waals surface area (Å²) in [6.07, 6.45) is 4.37. The third kappa shape index (κ3) is 2.21. The van der Waals surface area contributed by atoms with Crippen molar-refractivity contribution in [3.63, 3.8) is 0 Å². The maximum Gasteiger partial charge on any atom is 0.329 e. The fraction of sp³-hybridized carbons (Fsp3) is 0.636. The van der Waals surface area contributed by atoms with Gasteiger partial charge in [-0.25, -0.2) is 4.79 Å². The van der Waals surface area contributed by atoms with Crippen molar-refractivity contribution in [1.29, 1.82) is 0 Å². The summed E-state index contributed by atoms with van der Waals surface area (Å²) in [4.78, 5) is 25.7. The summed E-state index contributed by atoms with van der Waals surface area (Å²) in [5.74, 6) is 0. The first kappa shape index (κ1) is 11.5. The molecule has 1 heterocycles. The van der Waals surface area contributed by atoms with Crippen LogP contribution in [0.4, 0.5) is 0 Å². The number of hydrogen-bond donors (Lipinski definition) is 1. The Morgan fingerprint density at radius 2 is 2.19 bits per heavy atom. The molecule has 0 spiro atoms. The minimum atomic E-state index is -0.403. The van der Waals surface area contributed by atoms with Crippen molar-refractivity contribution >= 4 is 11.6 Å². The first-order valence-electron chi connectivity index (χ1n) is 5.56. The second-order valence-corrected chi connectivity index (χ2v) is 5.00. The highest BCUT2D eigenvalue weighted by Crippen LogP contribution is 2.50. The van der Waals surface area contributed by atoms with Crippen molar-refractivity contribution in [1.82, 2.24) is 9.55 Å². The highest BCUT2D eigenvalue weighted by molar-refractivity contribution is 6.29. The zero-order valence-corrected chi connectivity index (χ0v) is 10.0. The Bertz CT molecular complexity index is 468. The van der Waals surface area contributed by atoms with Gasteiger partial charge in [0.15, 0.2) is 0 Å². The number of H-pyrrole nitrogens is 1. The second-order valence-electron chi connectivity index (χ2n) is 4.60. The van der Waals surface area contributed by atoms with Crippen LogP contribution in [0, 0.1) is 5.41 Å². The molecule has 88 valence electrons. The standard InChI is InChI=1S/C11H15ClN2O2/c1-2-3-11(4-5-11)7-14-9(15)6-8(12)13-10(14)16/h6H,2-5,7H2,1H3,(H,13,16). The lowest BCUT2D eigenvalue weighted by Gasteiger charge is -2.14. The molecule has 16 heavy (non-hydrogen) atoms. The molecule has 2 rings (SSSR count). The van der Waals surface area contributed by atoms with Crippen molar-refractivity contribution in [2.75, 3.05) is 0 Å². The average Bonchev–Trinajstić information content (AvgIpc) is 2.93. The molecule has 1 aromatic rings. The zero-order valence-electron chi connectivity index (χ0n) is 9.25. The molecule has 1 aromatic heterocycles. The molecule has 0 unspecified atom stereocenters. The first-order chi connectivity index (χ1) is 7.56. The summed E-state index contributed by atoms with van der Waals surface area (Å²) >= 11 is 5.60. The van der Waals surface area contributed by atoms with Crippen molar-refractivity contribution in [3.8, 4) is 0 Å². The van der Waals surface area contributed by atoms with Crippen molar-refractivity contribution in [2.24, 2.45) is 5.41 Å². The van der Waals surface area contributed by atoms with Crippen LogP contribution in [0.5, 0.6) is 0 Å². The maximum absolute atomic E-state index is 11.6. The predicted molar refractivity (Wildman–Crippen MR) is 62.9 cm³/mol. The van der Waals surface area contributed by atoms with E-state index in [4.69, 9.17) is 11.6 Å². The number of halogens is 1. The van der Waals surface area contributed by atoms with Gasteiger partial charge in [-0.05, 0) is 24.7 Å². The largest absolute Gasteiger partial charge is 0.329 e. The van der Waals surface area contributed by atoms with Gasteiger partial charge >= 0.3 is 5.69 Å². The van der Waals surface area contributed by atoms with Crippen LogP contribution < -0.4 is 11.2 Å². The van der Waals surface area contributed by atoms with Crippen LogP contribution in [0.15, 0.2) is 15.7 Å². The van der Waals surface area contributed by atoms with Gasteiger partial charge in [0.2, 0.25) is 0 Å². The van der Waals surface area contributed by atoms with Crippen molar-refractivity contribution in [3.05, 3.63) is 32.1 Å². The highest BCUT2D eigenvalue weighted by Gasteiger charge is 2.42. The van der Waals surface area contributed by atoms with Crippen LogP contribution in [0.2, 0.25) is 5.15 Å². The Morgan fingerprint density at radius 1 is 1.50 bits per heavy atom. The third-order valence-electron chi connectivity index (χ3n) is 3.22. The number of rotatable bonds is 4. The lowest BCUT2D eigenvalue weighted by Crippen LogP contribution is -2.37. The van der Waals surface area contributed by atoms with Crippen LogP contribution in [-0.4, -0.2) is 9.55 Å². The Balaban J connectivity index is 2.29. The van der Waals surface area contributed by atoms with Gasteiger partial charge in [0, 0.05) is 12.6 Å². The zero-order chi connectivity index (χ0) is 11.8. The fourth-order valence-corrected chi connectivity index (χ4v) is 2.35. The lowest BCUT2D eigenvalue weighted by molar-refractivity contribution is 0.373. The highest BCUT2D eigenvalue weighted by atomic mass is 35.5. The Morgan fingerprint density at radius 3 is 2.69 bits per heavy atom. The van der Waals surface area contributed by atoms with Crippen LogP contribution in [0.1, 0.15) is 32.6 Å².